The molecular weight excluding hydrogens is 473 g/mol. The molecule has 0 unspecified atom stereocenters. The molecule has 2 aromatic rings. The summed E-state index contributed by atoms with van der Waals surface area (Å²) in [5.74, 6) is -0.177. The Morgan fingerprint density at radius 1 is 1.14 bits per heavy atom. The summed E-state index contributed by atoms with van der Waals surface area (Å²) in [6.45, 7) is 2.24. The first-order valence-electron chi connectivity index (χ1n) is 7.21. The zero-order valence-corrected chi connectivity index (χ0v) is 17.4. The third-order valence-corrected chi connectivity index (χ3v) is 8.23. The molecule has 0 saturated heterocycles. The van der Waals surface area contributed by atoms with E-state index in [2.05, 4.69) is 53.2 Å². The Labute approximate surface area is 153 Å². The van der Waals surface area contributed by atoms with Crippen molar-refractivity contribution >= 4 is 60.8 Å². The van der Waals surface area contributed by atoms with Crippen molar-refractivity contribution in [3.8, 4) is 0 Å². The fraction of sp³-hybridized carbons (Fsp3) is 0.222. The summed E-state index contributed by atoms with van der Waals surface area (Å²) in [5, 5.41) is 1.30. The Bertz CT molecular complexity index is 623. The van der Waals surface area contributed by atoms with Gasteiger partial charge in [0.25, 0.3) is 0 Å². The van der Waals surface area contributed by atoms with Gasteiger partial charge in [-0.3, -0.25) is 0 Å². The van der Waals surface area contributed by atoms with E-state index in [9.17, 15) is 4.39 Å². The van der Waals surface area contributed by atoms with E-state index in [1.54, 1.807) is 0 Å². The second-order valence-corrected chi connectivity index (χ2v) is 11.5. The molecule has 0 amide bonds. The summed E-state index contributed by atoms with van der Waals surface area (Å²) in [4.78, 5) is 0. The van der Waals surface area contributed by atoms with Crippen molar-refractivity contribution in [1.29, 1.82) is 0 Å². The van der Waals surface area contributed by atoms with Gasteiger partial charge in [-0.25, -0.2) is 0 Å². The van der Waals surface area contributed by atoms with E-state index >= 15 is 0 Å². The number of hydrogen-bond donors (Lipinski definition) is 0. The fourth-order valence-corrected chi connectivity index (χ4v) is 6.83. The second-order valence-electron chi connectivity index (χ2n) is 4.74. The molecule has 0 aromatic heterocycles. The molecule has 116 valence electrons. The molecule has 0 bridgehead atoms. The predicted octanol–water partition coefficient (Wildman–Crippen LogP) is 4.10. The zero-order chi connectivity index (χ0) is 15.8. The van der Waals surface area contributed by atoms with Gasteiger partial charge in [-0.15, -0.1) is 0 Å². The quantitative estimate of drug-likeness (QED) is 0.405. The minimum absolute atomic E-state index is 0.177. The maximum atomic E-state index is 13.0. The molecule has 0 saturated carbocycles. The average molecular weight is 491 g/mol. The average Bonchev–Trinajstić information content (AvgIpc) is 2.51. The van der Waals surface area contributed by atoms with E-state index in [4.69, 9.17) is 0 Å². The van der Waals surface area contributed by atoms with Crippen LogP contribution in [0.25, 0.3) is 6.08 Å². The first kappa shape index (κ1) is 18.0. The van der Waals surface area contributed by atoms with Crippen LogP contribution in [0.3, 0.4) is 0 Å². The molecule has 0 spiro atoms. The number of rotatable bonds is 7. The first-order valence-corrected chi connectivity index (χ1v) is 11.8. The normalized spacial score (nSPS) is 11.7. The van der Waals surface area contributed by atoms with Crippen LogP contribution in [-0.2, 0) is 0 Å². The molecule has 2 aromatic carbocycles. The summed E-state index contributed by atoms with van der Waals surface area (Å²) in [5.41, 5.74) is 1.31. The molecule has 0 aliphatic heterocycles. The monoisotopic (exact) mass is 492 g/mol. The Balaban J connectivity index is 2.08. The van der Waals surface area contributed by atoms with E-state index in [-0.39, 0.29) is 20.8 Å². The van der Waals surface area contributed by atoms with E-state index in [0.29, 0.717) is 15.0 Å². The van der Waals surface area contributed by atoms with Crippen molar-refractivity contribution in [2.24, 2.45) is 0 Å². The molecule has 22 heavy (non-hydrogen) atoms. The molecule has 0 fully saturated rings. The van der Waals surface area contributed by atoms with Crippen LogP contribution in [0.1, 0.15) is 25.3 Å². The van der Waals surface area contributed by atoms with Gasteiger partial charge in [0.2, 0.25) is 0 Å². The minimum atomic E-state index is -0.177. The molecular formula is C18H18BrFSe2. The van der Waals surface area contributed by atoms with Crippen molar-refractivity contribution in [2.75, 3.05) is 0 Å². The summed E-state index contributed by atoms with van der Waals surface area (Å²) in [6.07, 6.45) is 4.79. The van der Waals surface area contributed by atoms with Crippen molar-refractivity contribution in [1.82, 2.24) is 0 Å². The Morgan fingerprint density at radius 3 is 2.59 bits per heavy atom. The second kappa shape index (κ2) is 9.70. The van der Waals surface area contributed by atoms with Crippen molar-refractivity contribution in [3.63, 3.8) is 0 Å². The van der Waals surface area contributed by atoms with Crippen LogP contribution in [0.4, 0.5) is 4.39 Å². The molecule has 0 radical (unpaired) electrons. The van der Waals surface area contributed by atoms with Crippen LogP contribution >= 0.6 is 15.9 Å². The van der Waals surface area contributed by atoms with Crippen LogP contribution < -0.4 is 8.92 Å². The van der Waals surface area contributed by atoms with Gasteiger partial charge < -0.3 is 0 Å². The summed E-state index contributed by atoms with van der Waals surface area (Å²) >= 11 is 4.41. The van der Waals surface area contributed by atoms with Crippen LogP contribution in [0.2, 0.25) is 5.32 Å². The topological polar surface area (TPSA) is 0 Å². The van der Waals surface area contributed by atoms with Gasteiger partial charge in [0.05, 0.1) is 0 Å². The predicted molar refractivity (Wildman–Crippen MR) is 100 cm³/mol. The van der Waals surface area contributed by atoms with Gasteiger partial charge in [0, 0.05) is 0 Å². The van der Waals surface area contributed by atoms with Gasteiger partial charge in [-0.1, -0.05) is 0 Å². The molecule has 0 atom stereocenters. The van der Waals surface area contributed by atoms with E-state index in [0.717, 1.165) is 0 Å². The molecule has 0 heterocycles. The SMILES string of the molecule is CCCC[Se]c1ccccc1/C=C(/Br)[Se]c1ccc(F)cc1. The molecule has 0 N–H and O–H groups in total. The van der Waals surface area contributed by atoms with Gasteiger partial charge in [-0.2, -0.15) is 0 Å². The standard InChI is InChI=1S/C18H18BrFSe2/c1-2-3-12-21-17-7-5-4-6-14(17)13-18(19)22-16-10-8-15(20)9-11-16/h4-11,13H,2-3,12H2,1H3/b18-13-. The molecule has 2 rings (SSSR count). The van der Waals surface area contributed by atoms with Gasteiger partial charge >= 0.3 is 154 Å². The van der Waals surface area contributed by atoms with Crippen LogP contribution in [0.5, 0.6) is 0 Å². The number of hydrogen-bond acceptors (Lipinski definition) is 0. The molecule has 0 aliphatic rings. The maximum absolute atomic E-state index is 13.0. The number of benzene rings is 2. The third kappa shape index (κ3) is 6.02. The van der Waals surface area contributed by atoms with Gasteiger partial charge in [0.15, 0.2) is 0 Å². The Kier molecular flexibility index (Phi) is 7.92. The Hall–Kier alpha value is -0.371. The Morgan fingerprint density at radius 2 is 1.86 bits per heavy atom. The first-order chi connectivity index (χ1) is 10.7. The van der Waals surface area contributed by atoms with Crippen LogP contribution in [0, 0.1) is 5.82 Å². The number of unbranched alkanes of at least 4 members (excludes halogenated alkanes) is 1. The van der Waals surface area contributed by atoms with Gasteiger partial charge in [0.1, 0.15) is 0 Å². The van der Waals surface area contributed by atoms with E-state index in [1.807, 2.05) is 12.1 Å². The molecule has 4 heteroatoms. The van der Waals surface area contributed by atoms with Crippen LogP contribution in [-0.4, -0.2) is 29.9 Å². The summed E-state index contributed by atoms with van der Waals surface area (Å²) in [7, 11) is 0. The van der Waals surface area contributed by atoms with E-state index in [1.165, 1.54) is 48.2 Å². The van der Waals surface area contributed by atoms with Gasteiger partial charge in [-0.05, 0) is 0 Å². The van der Waals surface area contributed by atoms with Crippen LogP contribution in [0.15, 0.2) is 51.9 Å². The van der Waals surface area contributed by atoms with Crippen molar-refractivity contribution in [2.45, 2.75) is 25.1 Å². The molecule has 0 nitrogen and oxygen atoms in total. The molecule has 0 aliphatic carbocycles. The summed E-state index contributed by atoms with van der Waals surface area (Å²) < 4.78 is 16.8. The zero-order valence-electron chi connectivity index (χ0n) is 12.4. The third-order valence-electron chi connectivity index (χ3n) is 2.97. The number of halogens is 2. The van der Waals surface area contributed by atoms with E-state index < -0.39 is 0 Å². The van der Waals surface area contributed by atoms with Crippen molar-refractivity contribution in [3.05, 3.63) is 63.3 Å². The van der Waals surface area contributed by atoms with Crippen molar-refractivity contribution < 1.29 is 4.39 Å². The fourth-order valence-electron chi connectivity index (χ4n) is 1.82. The summed E-state index contributed by atoms with van der Waals surface area (Å²) in [6, 6.07) is 15.4.